The van der Waals surface area contributed by atoms with Crippen molar-refractivity contribution < 1.29 is 4.74 Å². The highest BCUT2D eigenvalue weighted by Gasteiger charge is 2.26. The van der Waals surface area contributed by atoms with Gasteiger partial charge >= 0.3 is 0 Å². The molecule has 0 saturated carbocycles. The zero-order valence-electron chi connectivity index (χ0n) is 16.5. The molecule has 1 aliphatic rings. The van der Waals surface area contributed by atoms with Crippen LogP contribution in [-0.4, -0.2) is 52.9 Å². The fraction of sp³-hybridized carbons (Fsp3) is 0.333. The number of ether oxygens (including phenoxy) is 1. The van der Waals surface area contributed by atoms with Gasteiger partial charge in [-0.1, -0.05) is 0 Å². The minimum atomic E-state index is 0.290. The minimum absolute atomic E-state index is 0.290. The Morgan fingerprint density at radius 1 is 1.45 bits per heavy atom. The highest BCUT2D eigenvalue weighted by molar-refractivity contribution is 6.02. The van der Waals surface area contributed by atoms with Crippen LogP contribution in [0.1, 0.15) is 23.9 Å². The smallest absolute Gasteiger partial charge is 0.152 e. The number of likely N-dealkylation sites (tertiary alicyclic amines) is 1. The van der Waals surface area contributed by atoms with Crippen molar-refractivity contribution in [3.05, 3.63) is 47.7 Å². The van der Waals surface area contributed by atoms with Crippen molar-refractivity contribution in [3.63, 3.8) is 0 Å². The lowest BCUT2D eigenvalue weighted by atomic mass is 10.1. The third kappa shape index (κ3) is 3.52. The number of nitrogens with two attached hydrogens (primary N) is 1. The highest BCUT2D eigenvalue weighted by Crippen LogP contribution is 2.32. The van der Waals surface area contributed by atoms with Crippen LogP contribution in [0.5, 0.6) is 0 Å². The molecular weight excluding hydrogens is 366 g/mol. The lowest BCUT2D eigenvalue weighted by Gasteiger charge is -2.17. The van der Waals surface area contributed by atoms with Crippen LogP contribution < -0.4 is 5.73 Å². The maximum absolute atomic E-state index is 9.36. The van der Waals surface area contributed by atoms with E-state index < -0.39 is 0 Å². The molecule has 2 aromatic heterocycles. The Labute approximate surface area is 168 Å². The van der Waals surface area contributed by atoms with Crippen molar-refractivity contribution in [2.45, 2.75) is 19.0 Å². The Bertz CT molecular complexity index is 1160. The lowest BCUT2D eigenvalue weighted by molar-refractivity contribution is 0.316. The van der Waals surface area contributed by atoms with Crippen molar-refractivity contribution in [1.82, 2.24) is 19.4 Å². The van der Waals surface area contributed by atoms with Gasteiger partial charge in [-0.05, 0) is 38.2 Å². The van der Waals surface area contributed by atoms with Crippen LogP contribution in [0.15, 0.2) is 41.3 Å². The normalized spacial score (nSPS) is 18.1. The molecule has 1 atom stereocenters. The molecule has 0 spiro atoms. The number of nitrogens with zero attached hydrogens (tertiary/aromatic N) is 6. The van der Waals surface area contributed by atoms with E-state index in [9.17, 15) is 5.26 Å². The van der Waals surface area contributed by atoms with Crippen molar-refractivity contribution in [1.29, 1.82) is 5.26 Å². The summed E-state index contributed by atoms with van der Waals surface area (Å²) in [6.07, 6.45) is 5.81. The molecule has 1 aromatic carbocycles. The molecule has 29 heavy (non-hydrogen) atoms. The second-order valence-electron chi connectivity index (χ2n) is 7.18. The molecule has 8 heteroatoms. The lowest BCUT2D eigenvalue weighted by Crippen LogP contribution is -2.18. The summed E-state index contributed by atoms with van der Waals surface area (Å²) in [4.78, 5) is 16.2. The fourth-order valence-corrected chi connectivity index (χ4v) is 3.90. The van der Waals surface area contributed by atoms with E-state index in [2.05, 4.69) is 32.6 Å². The number of allylic oxidation sites excluding steroid dienone is 1. The molecule has 1 aliphatic heterocycles. The minimum Gasteiger partial charge on any atom is -0.494 e. The molecule has 1 saturated heterocycles. The summed E-state index contributed by atoms with van der Waals surface area (Å²) in [6, 6.07) is 8.10. The van der Waals surface area contributed by atoms with E-state index >= 15 is 0 Å². The Balaban J connectivity index is 1.88. The molecule has 3 heterocycles. The number of fused-ring (bicyclic) bond motifs is 3. The summed E-state index contributed by atoms with van der Waals surface area (Å²) >= 11 is 0. The monoisotopic (exact) mass is 389 g/mol. The quantitative estimate of drug-likeness (QED) is 0.530. The van der Waals surface area contributed by atoms with Crippen LogP contribution >= 0.6 is 0 Å². The standard InChI is InChI=1S/C21H23N7O/c1-27-6-5-15(13-27)28-20(12-24-10-16(9-23)29-2)26-19-11-25-18-4-3-14(8-22)7-17(18)21(19)28/h3-4,7,9-11,15H,5-6,12-13,23H2,1-2H3. The van der Waals surface area contributed by atoms with E-state index in [1.165, 1.54) is 6.20 Å². The number of aliphatic imine (C=N–C) groups is 1. The summed E-state index contributed by atoms with van der Waals surface area (Å²) < 4.78 is 7.41. The molecule has 8 nitrogen and oxygen atoms in total. The average Bonchev–Trinajstić information content (AvgIpc) is 3.33. The number of benzene rings is 1. The Morgan fingerprint density at radius 2 is 2.31 bits per heavy atom. The summed E-state index contributed by atoms with van der Waals surface area (Å²) in [6.45, 7) is 2.37. The van der Waals surface area contributed by atoms with Crippen LogP contribution in [0.4, 0.5) is 0 Å². The molecule has 3 aromatic rings. The first-order valence-corrected chi connectivity index (χ1v) is 9.48. The van der Waals surface area contributed by atoms with Crippen molar-refractivity contribution in [2.75, 3.05) is 27.2 Å². The van der Waals surface area contributed by atoms with E-state index in [1.54, 1.807) is 25.6 Å². The van der Waals surface area contributed by atoms with Crippen LogP contribution in [-0.2, 0) is 11.3 Å². The van der Waals surface area contributed by atoms with E-state index in [4.69, 9.17) is 15.5 Å². The van der Waals surface area contributed by atoms with Crippen LogP contribution in [0.3, 0.4) is 0 Å². The molecule has 2 N–H and O–H groups in total. The number of likely N-dealkylation sites (N-methyl/N-ethyl adjacent to an activating group) is 1. The van der Waals surface area contributed by atoms with Gasteiger partial charge in [-0.25, -0.2) is 4.98 Å². The third-order valence-corrected chi connectivity index (χ3v) is 5.30. The number of methoxy groups -OCH3 is 1. The van der Waals surface area contributed by atoms with E-state index in [0.717, 1.165) is 47.3 Å². The zero-order valence-corrected chi connectivity index (χ0v) is 16.5. The van der Waals surface area contributed by atoms with Gasteiger partial charge in [-0.3, -0.25) is 9.98 Å². The van der Waals surface area contributed by atoms with Gasteiger partial charge in [0.05, 0.1) is 48.7 Å². The predicted molar refractivity (Wildman–Crippen MR) is 112 cm³/mol. The summed E-state index contributed by atoms with van der Waals surface area (Å²) in [5.41, 5.74) is 8.81. The van der Waals surface area contributed by atoms with E-state index in [1.807, 2.05) is 12.1 Å². The maximum Gasteiger partial charge on any atom is 0.152 e. The van der Waals surface area contributed by atoms with Gasteiger partial charge in [-0.15, -0.1) is 0 Å². The number of hydrogen-bond acceptors (Lipinski definition) is 7. The van der Waals surface area contributed by atoms with E-state index in [-0.39, 0.29) is 0 Å². The average molecular weight is 389 g/mol. The molecule has 0 amide bonds. The van der Waals surface area contributed by atoms with Gasteiger partial charge in [0, 0.05) is 24.2 Å². The highest BCUT2D eigenvalue weighted by atomic mass is 16.5. The molecule has 1 fully saturated rings. The van der Waals surface area contributed by atoms with Crippen molar-refractivity contribution >= 4 is 28.2 Å². The Hall–Kier alpha value is -3.44. The maximum atomic E-state index is 9.36. The summed E-state index contributed by atoms with van der Waals surface area (Å²) in [5, 5.41) is 10.3. The summed E-state index contributed by atoms with van der Waals surface area (Å²) in [7, 11) is 3.68. The largest absolute Gasteiger partial charge is 0.494 e. The molecule has 0 aliphatic carbocycles. The molecular formula is C21H23N7O. The number of aromatic nitrogens is 3. The van der Waals surface area contributed by atoms with Gasteiger partial charge in [0.1, 0.15) is 11.3 Å². The van der Waals surface area contributed by atoms with Crippen molar-refractivity contribution in [3.8, 4) is 6.07 Å². The van der Waals surface area contributed by atoms with Crippen LogP contribution in [0, 0.1) is 11.3 Å². The predicted octanol–water partition coefficient (Wildman–Crippen LogP) is 2.35. The van der Waals surface area contributed by atoms with Gasteiger partial charge in [0.2, 0.25) is 0 Å². The third-order valence-electron chi connectivity index (χ3n) is 5.30. The number of rotatable bonds is 5. The first-order chi connectivity index (χ1) is 14.1. The number of nitriles is 1. The van der Waals surface area contributed by atoms with Crippen LogP contribution in [0.25, 0.3) is 21.9 Å². The van der Waals surface area contributed by atoms with Crippen LogP contribution in [0.2, 0.25) is 0 Å². The Morgan fingerprint density at radius 3 is 3.00 bits per heavy atom. The van der Waals surface area contributed by atoms with Gasteiger partial charge < -0.3 is 19.9 Å². The van der Waals surface area contributed by atoms with Crippen molar-refractivity contribution in [2.24, 2.45) is 10.7 Å². The number of hydrogen-bond donors (Lipinski definition) is 1. The summed E-state index contributed by atoms with van der Waals surface area (Å²) in [5.74, 6) is 1.36. The number of pyridine rings is 1. The molecule has 0 bridgehead atoms. The molecule has 4 rings (SSSR count). The number of imidazole rings is 1. The molecule has 1 unspecified atom stereocenters. The first-order valence-electron chi connectivity index (χ1n) is 9.48. The van der Waals surface area contributed by atoms with Gasteiger partial charge in [0.25, 0.3) is 0 Å². The first kappa shape index (κ1) is 18.9. The Kier molecular flexibility index (Phi) is 5.14. The molecule has 0 radical (unpaired) electrons. The fourth-order valence-electron chi connectivity index (χ4n) is 3.90. The van der Waals surface area contributed by atoms with E-state index in [0.29, 0.717) is 23.9 Å². The SMILES string of the molecule is COC(C=NCc1nc2cnc3ccc(C#N)cc3c2n1C1CCN(C)C1)=CN. The van der Waals surface area contributed by atoms with Gasteiger partial charge in [-0.2, -0.15) is 5.26 Å². The second-order valence-corrected chi connectivity index (χ2v) is 7.18. The topological polar surface area (TPSA) is 105 Å². The molecule has 148 valence electrons. The second kappa shape index (κ2) is 7.89. The van der Waals surface area contributed by atoms with Gasteiger partial charge in [0.15, 0.2) is 5.76 Å². The zero-order chi connectivity index (χ0) is 20.4.